The molecule has 2 unspecified atom stereocenters. The third-order valence-corrected chi connectivity index (χ3v) is 11.3. The highest BCUT2D eigenvalue weighted by Crippen LogP contribution is 2.38. The number of aliphatic carboxylic acids is 1. The number of benzene rings is 2. The summed E-state index contributed by atoms with van der Waals surface area (Å²) in [6.45, 7) is 4.45. The van der Waals surface area contributed by atoms with Crippen molar-refractivity contribution in [3.05, 3.63) is 68.2 Å². The number of nitro benzene ring substituents is 1. The van der Waals surface area contributed by atoms with E-state index in [9.17, 15) is 56.3 Å². The number of carbonyl (C=O) groups excluding carboxylic acids is 5. The largest absolute Gasteiger partial charge is 0.489 e. The first-order valence-electron chi connectivity index (χ1n) is 17.6. The van der Waals surface area contributed by atoms with E-state index in [2.05, 4.69) is 0 Å². The Morgan fingerprint density at radius 2 is 1.69 bits per heavy atom. The van der Waals surface area contributed by atoms with E-state index in [1.54, 1.807) is 13.8 Å². The number of nitrogens with two attached hydrogens (primary N) is 1. The van der Waals surface area contributed by atoms with E-state index in [-0.39, 0.29) is 58.6 Å². The van der Waals surface area contributed by atoms with Crippen LogP contribution < -0.4 is 15.4 Å². The number of cyclic esters (lactones) is 1. The average molecular weight is 874 g/mol. The minimum atomic E-state index is -3.70. The topological polar surface area (TPSA) is 285 Å². The predicted octanol–water partition coefficient (Wildman–Crippen LogP) is 5.39. The molecule has 3 fully saturated rings. The van der Waals surface area contributed by atoms with E-state index < -0.39 is 86.5 Å². The summed E-state index contributed by atoms with van der Waals surface area (Å²) in [5.74, 6) is -6.08. The molecular formula is C36H42ClFN3O15PS. The molecule has 2 aromatic carbocycles. The van der Waals surface area contributed by atoms with Gasteiger partial charge in [-0.15, -0.1) is 0 Å². The number of allylic oxidation sites excluding steroid dienone is 1. The van der Waals surface area contributed by atoms with Gasteiger partial charge in [-0.25, -0.2) is 22.5 Å². The number of carboxylic acids is 1. The predicted molar refractivity (Wildman–Crippen MR) is 205 cm³/mol. The summed E-state index contributed by atoms with van der Waals surface area (Å²) in [5.41, 5.74) is 4.24. The van der Waals surface area contributed by atoms with Crippen molar-refractivity contribution in [1.29, 1.82) is 0 Å². The third kappa shape index (κ3) is 12.6. The highest BCUT2D eigenvalue weighted by molar-refractivity contribution is 7.90. The number of carbonyl (C=O) groups is 6. The molecule has 0 spiro atoms. The molecule has 1 saturated heterocycles. The van der Waals surface area contributed by atoms with Crippen LogP contribution in [0.1, 0.15) is 75.6 Å². The summed E-state index contributed by atoms with van der Waals surface area (Å²) < 4.78 is 58.7. The molecular weight excluding hydrogens is 832 g/mol. The zero-order valence-corrected chi connectivity index (χ0v) is 34.2. The van der Waals surface area contributed by atoms with Crippen LogP contribution in [0.15, 0.2) is 46.6 Å². The number of carboxylic acid groups (broad SMARTS) is 1. The minimum absolute atomic E-state index is 0.00962. The van der Waals surface area contributed by atoms with Gasteiger partial charge in [0.2, 0.25) is 0 Å². The van der Waals surface area contributed by atoms with Crippen molar-refractivity contribution >= 4 is 75.5 Å². The second kappa shape index (κ2) is 19.7. The van der Waals surface area contributed by atoms with Gasteiger partial charge in [-0.05, 0) is 76.1 Å². The fourth-order valence-electron chi connectivity index (χ4n) is 5.81. The normalized spacial score (nSPS) is 17.7. The highest BCUT2D eigenvalue weighted by Gasteiger charge is 2.41. The SMILES string of the molecule is CC(C)=C1OC(=O)N(c2cc(OC3CCCC3)c(Cl)cc2F)C1=O.CP(=O)(O)CCC(N)C(=O)O.CS(=O)(=O)c1ccc(C(=O)C2C(=O)CCCC2=O)c([N+](=O)[O-])c1. The molecule has 22 heteroatoms. The van der Waals surface area contributed by atoms with Crippen LogP contribution in [-0.2, 0) is 38.3 Å². The monoisotopic (exact) mass is 873 g/mol. The van der Waals surface area contributed by atoms with Gasteiger partial charge < -0.3 is 25.2 Å². The summed E-state index contributed by atoms with van der Waals surface area (Å²) in [6, 6.07) is 4.08. The van der Waals surface area contributed by atoms with Crippen LogP contribution in [0.5, 0.6) is 5.75 Å². The minimum Gasteiger partial charge on any atom is -0.489 e. The quantitative estimate of drug-likeness (QED) is 0.0637. The fraction of sp³-hybridized carbons (Fsp3) is 0.444. The lowest BCUT2D eigenvalue weighted by Crippen LogP contribution is -2.35. The van der Waals surface area contributed by atoms with Gasteiger partial charge in [-0.2, -0.15) is 0 Å². The van der Waals surface area contributed by atoms with Crippen molar-refractivity contribution in [1.82, 2.24) is 0 Å². The maximum atomic E-state index is 14.3. The first-order valence-corrected chi connectivity index (χ1v) is 22.1. The van der Waals surface area contributed by atoms with E-state index in [0.717, 1.165) is 56.2 Å². The van der Waals surface area contributed by atoms with E-state index in [1.807, 2.05) is 0 Å². The van der Waals surface area contributed by atoms with Gasteiger partial charge in [0.15, 0.2) is 40.3 Å². The average Bonchev–Trinajstić information content (AvgIpc) is 3.74. The lowest BCUT2D eigenvalue weighted by atomic mass is 9.81. The highest BCUT2D eigenvalue weighted by atomic mass is 35.5. The molecule has 1 aliphatic heterocycles. The van der Waals surface area contributed by atoms with Crippen LogP contribution in [0.3, 0.4) is 0 Å². The number of halogens is 2. The van der Waals surface area contributed by atoms with Gasteiger partial charge in [0.1, 0.15) is 23.5 Å². The molecule has 58 heavy (non-hydrogen) atoms. The second-order valence-corrected chi connectivity index (χ2v) is 18.9. The number of Topliss-reactive ketones (excluding diaryl/α,β-unsaturated/α-hetero) is 3. The van der Waals surface area contributed by atoms with E-state index in [4.69, 9.17) is 36.8 Å². The number of ether oxygens (including phenoxy) is 2. The van der Waals surface area contributed by atoms with Gasteiger partial charge in [0.05, 0.1) is 32.2 Å². The maximum absolute atomic E-state index is 14.3. The van der Waals surface area contributed by atoms with Crippen LogP contribution in [0.2, 0.25) is 5.02 Å². The summed E-state index contributed by atoms with van der Waals surface area (Å²) in [7, 11) is -6.80. The molecule has 2 saturated carbocycles. The zero-order chi connectivity index (χ0) is 43.9. The van der Waals surface area contributed by atoms with Crippen molar-refractivity contribution < 1.29 is 70.5 Å². The van der Waals surface area contributed by atoms with Crippen molar-refractivity contribution in [2.45, 2.75) is 82.3 Å². The molecule has 2 atom stereocenters. The Labute approximate surface area is 337 Å². The van der Waals surface area contributed by atoms with E-state index in [1.165, 1.54) is 12.7 Å². The number of hydrogen-bond donors (Lipinski definition) is 3. The van der Waals surface area contributed by atoms with Crippen molar-refractivity contribution in [3.63, 3.8) is 0 Å². The Hall–Kier alpha value is -4.88. The number of sulfone groups is 1. The molecule has 0 radical (unpaired) electrons. The van der Waals surface area contributed by atoms with Crippen LogP contribution in [0, 0.1) is 21.8 Å². The molecule has 1 heterocycles. The van der Waals surface area contributed by atoms with E-state index in [0.29, 0.717) is 16.9 Å². The Balaban J connectivity index is 0.000000249. The molecule has 2 amide bonds. The van der Waals surface area contributed by atoms with Gasteiger partial charge >= 0.3 is 18.0 Å². The number of imide groups is 1. The molecule has 2 aromatic rings. The number of ketones is 3. The first kappa shape index (κ1) is 47.5. The lowest BCUT2D eigenvalue weighted by Gasteiger charge is -2.18. The Kier molecular flexibility index (Phi) is 16.1. The number of rotatable bonds is 11. The van der Waals surface area contributed by atoms with Gasteiger partial charge in [-0.1, -0.05) is 11.6 Å². The molecule has 5 rings (SSSR count). The number of hydrogen-bond acceptors (Lipinski definition) is 14. The van der Waals surface area contributed by atoms with Crippen LogP contribution >= 0.6 is 19.0 Å². The molecule has 0 bridgehead atoms. The molecule has 0 aromatic heterocycles. The van der Waals surface area contributed by atoms with Crippen LogP contribution in [-0.4, -0.2) is 89.9 Å². The van der Waals surface area contributed by atoms with Gasteiger partial charge in [0, 0.05) is 44.1 Å². The molecule has 316 valence electrons. The summed E-state index contributed by atoms with van der Waals surface area (Å²) in [4.78, 5) is 89.8. The first-order chi connectivity index (χ1) is 26.8. The second-order valence-electron chi connectivity index (χ2n) is 13.9. The molecule has 4 N–H and O–H groups in total. The Morgan fingerprint density at radius 1 is 1.10 bits per heavy atom. The van der Waals surface area contributed by atoms with Crippen molar-refractivity contribution in [2.24, 2.45) is 11.7 Å². The van der Waals surface area contributed by atoms with Crippen molar-refractivity contribution in [3.8, 4) is 5.75 Å². The van der Waals surface area contributed by atoms with Gasteiger partial charge in [0.25, 0.3) is 5.69 Å². The summed E-state index contributed by atoms with van der Waals surface area (Å²) >= 11 is 6.04. The number of amides is 2. The zero-order valence-electron chi connectivity index (χ0n) is 31.8. The third-order valence-electron chi connectivity index (χ3n) is 8.85. The Morgan fingerprint density at radius 3 is 2.17 bits per heavy atom. The molecule has 18 nitrogen and oxygen atoms in total. The molecule has 3 aliphatic rings. The maximum Gasteiger partial charge on any atom is 0.427 e. The lowest BCUT2D eigenvalue weighted by molar-refractivity contribution is -0.385. The standard InChI is InChI=1S/C17H17ClFNO4.C14H13NO7S.C5H12NO4P/c1-9(2)15-16(21)20(17(22)24-15)13-8-14(11(18)7-12(13)19)23-10-5-3-4-6-10;1-23(21,22)8-5-6-9(10(7-8)15(19)20)14(18)13-11(16)3-2-4-12(13)17;1-11(9,10)3-2-4(6)5(7)8/h7-8,10H,3-6H2,1-2H3;5-7,13H,2-4H2,1H3;4H,2-3,6H2,1H3,(H,7,8)(H,9,10). The Bertz CT molecular complexity index is 2180. The number of nitrogens with zero attached hydrogens (tertiary/aromatic N) is 2. The summed E-state index contributed by atoms with van der Waals surface area (Å²) in [6.07, 6.45) is 4.37. The number of nitro groups is 1. The van der Waals surface area contributed by atoms with Crippen LogP contribution in [0.4, 0.5) is 20.6 Å². The van der Waals surface area contributed by atoms with Gasteiger partial charge in [-0.3, -0.25) is 38.7 Å². The van der Waals surface area contributed by atoms with Crippen molar-refractivity contribution in [2.75, 3.05) is 24.0 Å². The smallest absolute Gasteiger partial charge is 0.427 e. The fourth-order valence-corrected chi connectivity index (χ4v) is 7.40. The number of anilines is 1. The van der Waals surface area contributed by atoms with Crippen LogP contribution in [0.25, 0.3) is 0 Å². The molecule has 2 aliphatic carbocycles. The van der Waals surface area contributed by atoms with E-state index >= 15 is 0 Å². The summed E-state index contributed by atoms with van der Waals surface area (Å²) in [5, 5.41) is 19.5.